The average molecular weight is 323 g/mol. The molecule has 0 aliphatic carbocycles. The van der Waals surface area contributed by atoms with Crippen LogP contribution in [-0.2, 0) is 0 Å². The number of aliphatic hydroxyl groups excluding tert-OH is 1. The van der Waals surface area contributed by atoms with Gasteiger partial charge in [-0.05, 0) is 30.7 Å². The Balaban J connectivity index is 1.79. The Morgan fingerprint density at radius 2 is 2.14 bits per heavy atom. The summed E-state index contributed by atoms with van der Waals surface area (Å²) >= 11 is 6.12. The Morgan fingerprint density at radius 3 is 2.82 bits per heavy atom. The molecule has 7 heteroatoms. The Bertz CT molecular complexity index is 652. The Hall–Kier alpha value is -1.92. The lowest BCUT2D eigenvalue weighted by Gasteiger charge is -2.17. The van der Waals surface area contributed by atoms with Crippen molar-refractivity contribution in [1.82, 2.24) is 9.97 Å². The number of anilines is 3. The SMILES string of the molecule is OCC1CCN(c2ncc(Cl)c(Nc3ccc(F)cc3)n2)C1. The third-order valence-electron chi connectivity index (χ3n) is 3.67. The van der Waals surface area contributed by atoms with Gasteiger partial charge in [-0.25, -0.2) is 9.37 Å². The molecular weight excluding hydrogens is 307 g/mol. The molecule has 5 nitrogen and oxygen atoms in total. The Kier molecular flexibility index (Phi) is 4.40. The van der Waals surface area contributed by atoms with Crippen LogP contribution in [-0.4, -0.2) is 34.8 Å². The average Bonchev–Trinajstić information content (AvgIpc) is 3.01. The molecule has 1 saturated heterocycles. The lowest BCUT2D eigenvalue weighted by molar-refractivity contribution is 0.238. The van der Waals surface area contributed by atoms with Gasteiger partial charge in [-0.1, -0.05) is 11.6 Å². The standard InChI is InChI=1S/C15H16ClFN4O/c16-13-7-18-15(21-6-5-10(8-21)9-22)20-14(13)19-12-3-1-11(17)2-4-12/h1-4,7,10,22H,5-6,8-9H2,(H,18,19,20). The summed E-state index contributed by atoms with van der Waals surface area (Å²) in [5, 5.41) is 12.7. The van der Waals surface area contributed by atoms with Crippen LogP contribution in [0.25, 0.3) is 0 Å². The summed E-state index contributed by atoms with van der Waals surface area (Å²) in [5.74, 6) is 1.01. The number of aromatic nitrogens is 2. The van der Waals surface area contributed by atoms with Crippen LogP contribution in [0.5, 0.6) is 0 Å². The minimum absolute atomic E-state index is 0.171. The van der Waals surface area contributed by atoms with Crippen LogP contribution in [0.1, 0.15) is 6.42 Å². The molecule has 0 saturated carbocycles. The van der Waals surface area contributed by atoms with E-state index < -0.39 is 0 Å². The highest BCUT2D eigenvalue weighted by atomic mass is 35.5. The molecule has 2 aromatic rings. The summed E-state index contributed by atoms with van der Waals surface area (Å²) in [6, 6.07) is 5.96. The number of rotatable bonds is 4. The van der Waals surface area contributed by atoms with Gasteiger partial charge in [-0.3, -0.25) is 0 Å². The summed E-state index contributed by atoms with van der Waals surface area (Å²) in [6.45, 7) is 1.71. The first kappa shape index (κ1) is 15.0. The van der Waals surface area contributed by atoms with Crippen LogP contribution >= 0.6 is 11.6 Å². The van der Waals surface area contributed by atoms with E-state index in [0.717, 1.165) is 19.5 Å². The molecule has 2 heterocycles. The quantitative estimate of drug-likeness (QED) is 0.906. The third-order valence-corrected chi connectivity index (χ3v) is 3.94. The molecule has 1 aromatic carbocycles. The maximum Gasteiger partial charge on any atom is 0.227 e. The zero-order valence-corrected chi connectivity index (χ0v) is 12.6. The van der Waals surface area contributed by atoms with Crippen molar-refractivity contribution in [2.45, 2.75) is 6.42 Å². The molecule has 2 N–H and O–H groups in total. The maximum atomic E-state index is 12.9. The molecule has 1 atom stereocenters. The number of halogens is 2. The van der Waals surface area contributed by atoms with Gasteiger partial charge in [0.1, 0.15) is 10.8 Å². The van der Waals surface area contributed by atoms with Crippen LogP contribution in [0.3, 0.4) is 0 Å². The molecule has 0 bridgehead atoms. The topological polar surface area (TPSA) is 61.3 Å². The van der Waals surface area contributed by atoms with Crippen LogP contribution in [0, 0.1) is 11.7 Å². The highest BCUT2D eigenvalue weighted by molar-refractivity contribution is 6.32. The second-order valence-corrected chi connectivity index (χ2v) is 5.69. The van der Waals surface area contributed by atoms with Gasteiger partial charge in [0.05, 0.1) is 6.20 Å². The summed E-state index contributed by atoms with van der Waals surface area (Å²) in [4.78, 5) is 10.7. The highest BCUT2D eigenvalue weighted by Gasteiger charge is 2.24. The van der Waals surface area contributed by atoms with Crippen LogP contribution in [0.4, 0.5) is 21.8 Å². The molecule has 1 aliphatic heterocycles. The van der Waals surface area contributed by atoms with Crippen molar-refractivity contribution >= 4 is 29.1 Å². The summed E-state index contributed by atoms with van der Waals surface area (Å²) in [5.41, 5.74) is 0.697. The number of benzene rings is 1. The number of nitrogens with zero attached hydrogens (tertiary/aromatic N) is 3. The van der Waals surface area contributed by atoms with Crippen molar-refractivity contribution in [3.63, 3.8) is 0 Å². The lowest BCUT2D eigenvalue weighted by Crippen LogP contribution is -2.23. The molecule has 0 spiro atoms. The number of aliphatic hydroxyl groups is 1. The van der Waals surface area contributed by atoms with Gasteiger partial charge < -0.3 is 15.3 Å². The zero-order valence-electron chi connectivity index (χ0n) is 11.8. The normalized spacial score (nSPS) is 17.8. The van der Waals surface area contributed by atoms with Crippen molar-refractivity contribution in [3.8, 4) is 0 Å². The fraction of sp³-hybridized carbons (Fsp3) is 0.333. The third kappa shape index (κ3) is 3.28. The second kappa shape index (κ2) is 6.46. The molecule has 1 aromatic heterocycles. The fourth-order valence-electron chi connectivity index (χ4n) is 2.43. The van der Waals surface area contributed by atoms with E-state index in [4.69, 9.17) is 11.6 Å². The van der Waals surface area contributed by atoms with Crippen molar-refractivity contribution < 1.29 is 9.50 Å². The first-order chi connectivity index (χ1) is 10.7. The van der Waals surface area contributed by atoms with Gasteiger partial charge in [0, 0.05) is 31.3 Å². The second-order valence-electron chi connectivity index (χ2n) is 5.28. The van der Waals surface area contributed by atoms with E-state index in [1.807, 2.05) is 4.90 Å². The van der Waals surface area contributed by atoms with E-state index in [0.29, 0.717) is 22.5 Å². The van der Waals surface area contributed by atoms with E-state index in [1.54, 1.807) is 18.3 Å². The smallest absolute Gasteiger partial charge is 0.227 e. The highest BCUT2D eigenvalue weighted by Crippen LogP contribution is 2.27. The first-order valence-electron chi connectivity index (χ1n) is 7.06. The summed E-state index contributed by atoms with van der Waals surface area (Å²) < 4.78 is 12.9. The van der Waals surface area contributed by atoms with Crippen LogP contribution < -0.4 is 10.2 Å². The van der Waals surface area contributed by atoms with Crippen molar-refractivity contribution in [2.24, 2.45) is 5.92 Å². The fourth-order valence-corrected chi connectivity index (χ4v) is 2.57. The Morgan fingerprint density at radius 1 is 1.36 bits per heavy atom. The van der Waals surface area contributed by atoms with Gasteiger partial charge in [0.25, 0.3) is 0 Å². The number of hydrogen-bond donors (Lipinski definition) is 2. The molecule has 0 amide bonds. The number of nitrogens with one attached hydrogen (secondary N) is 1. The maximum absolute atomic E-state index is 12.9. The molecule has 1 fully saturated rings. The Labute approximate surface area is 132 Å². The zero-order chi connectivity index (χ0) is 15.5. The van der Waals surface area contributed by atoms with Crippen LogP contribution in [0.2, 0.25) is 5.02 Å². The van der Waals surface area contributed by atoms with Crippen LogP contribution in [0.15, 0.2) is 30.5 Å². The molecule has 3 rings (SSSR count). The van der Waals surface area contributed by atoms with Gasteiger partial charge in [-0.2, -0.15) is 4.98 Å². The van der Waals surface area contributed by atoms with Crippen molar-refractivity contribution in [2.75, 3.05) is 29.9 Å². The molecule has 1 aliphatic rings. The van der Waals surface area contributed by atoms with Gasteiger partial charge >= 0.3 is 0 Å². The van der Waals surface area contributed by atoms with Gasteiger partial charge in [0.2, 0.25) is 5.95 Å². The van der Waals surface area contributed by atoms with E-state index >= 15 is 0 Å². The minimum Gasteiger partial charge on any atom is -0.396 e. The van der Waals surface area contributed by atoms with Gasteiger partial charge in [-0.15, -0.1) is 0 Å². The van der Waals surface area contributed by atoms with E-state index in [1.165, 1.54) is 12.1 Å². The summed E-state index contributed by atoms with van der Waals surface area (Å²) in [6.07, 6.45) is 2.46. The monoisotopic (exact) mass is 322 g/mol. The molecular formula is C15H16ClFN4O. The van der Waals surface area contributed by atoms with E-state index in [2.05, 4.69) is 15.3 Å². The van der Waals surface area contributed by atoms with Crippen molar-refractivity contribution in [1.29, 1.82) is 0 Å². The van der Waals surface area contributed by atoms with Crippen molar-refractivity contribution in [3.05, 3.63) is 41.3 Å². The molecule has 0 radical (unpaired) electrons. The first-order valence-corrected chi connectivity index (χ1v) is 7.44. The predicted octanol–water partition coefficient (Wildman–Crippen LogP) is 2.83. The summed E-state index contributed by atoms with van der Waals surface area (Å²) in [7, 11) is 0. The number of hydrogen-bond acceptors (Lipinski definition) is 5. The molecule has 116 valence electrons. The minimum atomic E-state index is -0.299. The molecule has 22 heavy (non-hydrogen) atoms. The van der Waals surface area contributed by atoms with Gasteiger partial charge in [0.15, 0.2) is 5.82 Å². The largest absolute Gasteiger partial charge is 0.396 e. The van der Waals surface area contributed by atoms with E-state index in [-0.39, 0.29) is 18.3 Å². The predicted molar refractivity (Wildman–Crippen MR) is 84.1 cm³/mol. The molecule has 1 unspecified atom stereocenters. The van der Waals surface area contributed by atoms with E-state index in [9.17, 15) is 9.50 Å². The lowest BCUT2D eigenvalue weighted by atomic mass is 10.1.